The van der Waals surface area contributed by atoms with E-state index in [4.69, 9.17) is 17.3 Å². The molecule has 0 aliphatic heterocycles. The van der Waals surface area contributed by atoms with Crippen LogP contribution in [0.15, 0.2) is 12.1 Å². The molecule has 0 unspecified atom stereocenters. The average Bonchev–Trinajstić information content (AvgIpc) is 2.41. The maximum Gasteiger partial charge on any atom is 0.256 e. The van der Waals surface area contributed by atoms with Crippen molar-refractivity contribution < 1.29 is 13.6 Å². The van der Waals surface area contributed by atoms with Crippen LogP contribution in [0.25, 0.3) is 0 Å². The van der Waals surface area contributed by atoms with Gasteiger partial charge in [-0.3, -0.25) is 4.79 Å². The molecule has 0 saturated carbocycles. The van der Waals surface area contributed by atoms with Gasteiger partial charge in [0.1, 0.15) is 11.6 Å². The van der Waals surface area contributed by atoms with E-state index in [0.717, 1.165) is 12.1 Å². The number of nitrogens with zero attached hydrogens (tertiary/aromatic N) is 1. The molecule has 1 aromatic rings. The van der Waals surface area contributed by atoms with Crippen LogP contribution < -0.4 is 5.73 Å². The molecule has 0 aromatic heterocycles. The lowest BCUT2D eigenvalue weighted by Crippen LogP contribution is -2.42. The Bertz CT molecular complexity index is 521. The molecule has 1 rings (SSSR count). The quantitative estimate of drug-likeness (QED) is 0.817. The van der Waals surface area contributed by atoms with Crippen LogP contribution >= 0.6 is 11.6 Å². The molecular formula is C15H21ClF2N2O. The summed E-state index contributed by atoms with van der Waals surface area (Å²) < 4.78 is 27.4. The Morgan fingerprint density at radius 2 is 1.95 bits per heavy atom. The van der Waals surface area contributed by atoms with Crippen LogP contribution in [0, 0.1) is 17.0 Å². The largest absolute Gasteiger partial charge is 0.338 e. The zero-order valence-corrected chi connectivity index (χ0v) is 13.3. The molecule has 0 saturated heterocycles. The summed E-state index contributed by atoms with van der Waals surface area (Å²) in [6.07, 6.45) is 0.712. The number of hydrogen-bond acceptors (Lipinski definition) is 2. The van der Waals surface area contributed by atoms with Crippen LogP contribution in [0.2, 0.25) is 5.02 Å². The Labute approximate surface area is 129 Å². The summed E-state index contributed by atoms with van der Waals surface area (Å²) in [6, 6.07) is 1.67. The maximum absolute atomic E-state index is 13.9. The molecule has 0 radical (unpaired) electrons. The highest BCUT2D eigenvalue weighted by atomic mass is 35.5. The number of nitrogens with two attached hydrogens (primary N) is 1. The SMILES string of the molecule is CCCN(CC(C)(C)CN)C(=O)c1cc(F)c(Cl)cc1F. The fourth-order valence-corrected chi connectivity index (χ4v) is 2.11. The molecule has 0 heterocycles. The number of benzene rings is 1. The Morgan fingerprint density at radius 1 is 1.33 bits per heavy atom. The van der Waals surface area contributed by atoms with Gasteiger partial charge in [-0.25, -0.2) is 8.78 Å². The molecule has 0 fully saturated rings. The molecule has 0 aliphatic carbocycles. The van der Waals surface area contributed by atoms with E-state index in [-0.39, 0.29) is 16.0 Å². The van der Waals surface area contributed by atoms with E-state index in [1.54, 1.807) is 0 Å². The highest BCUT2D eigenvalue weighted by Crippen LogP contribution is 2.22. The van der Waals surface area contributed by atoms with Gasteiger partial charge in [-0.05, 0) is 30.5 Å². The zero-order valence-electron chi connectivity index (χ0n) is 12.5. The van der Waals surface area contributed by atoms with Crippen LogP contribution in [0.3, 0.4) is 0 Å². The number of rotatable bonds is 6. The van der Waals surface area contributed by atoms with Crippen molar-refractivity contribution in [2.45, 2.75) is 27.2 Å². The molecule has 1 amide bonds. The third-order valence-electron chi connectivity index (χ3n) is 3.19. The molecule has 118 valence electrons. The summed E-state index contributed by atoms with van der Waals surface area (Å²) in [4.78, 5) is 13.9. The van der Waals surface area contributed by atoms with Crippen molar-refractivity contribution in [1.82, 2.24) is 4.90 Å². The minimum atomic E-state index is -0.821. The molecule has 0 bridgehead atoms. The smallest absolute Gasteiger partial charge is 0.256 e. The summed E-state index contributed by atoms with van der Waals surface area (Å²) >= 11 is 5.50. The molecule has 0 spiro atoms. The second-order valence-electron chi connectivity index (χ2n) is 5.84. The summed E-state index contributed by atoms with van der Waals surface area (Å²) in [5.74, 6) is -2.18. The van der Waals surface area contributed by atoms with E-state index < -0.39 is 17.5 Å². The Kier molecular flexibility index (Phi) is 6.10. The van der Waals surface area contributed by atoms with Gasteiger partial charge in [0.05, 0.1) is 10.6 Å². The molecule has 2 N–H and O–H groups in total. The van der Waals surface area contributed by atoms with Crippen molar-refractivity contribution in [3.05, 3.63) is 34.4 Å². The standard InChI is InChI=1S/C15H21ClF2N2O/c1-4-5-20(9-15(2,3)8-19)14(21)10-6-13(18)11(16)7-12(10)17/h6-7H,4-5,8-9,19H2,1-3H3. The van der Waals surface area contributed by atoms with Gasteiger partial charge < -0.3 is 10.6 Å². The summed E-state index contributed by atoms with van der Waals surface area (Å²) in [6.45, 7) is 6.96. The van der Waals surface area contributed by atoms with Crippen LogP contribution in [-0.2, 0) is 0 Å². The van der Waals surface area contributed by atoms with E-state index in [0.29, 0.717) is 26.1 Å². The summed E-state index contributed by atoms with van der Waals surface area (Å²) in [7, 11) is 0. The monoisotopic (exact) mass is 318 g/mol. The van der Waals surface area contributed by atoms with Gasteiger partial charge in [-0.2, -0.15) is 0 Å². The molecule has 6 heteroatoms. The summed E-state index contributed by atoms with van der Waals surface area (Å²) in [5.41, 5.74) is 5.07. The van der Waals surface area contributed by atoms with Gasteiger partial charge in [0.25, 0.3) is 5.91 Å². The zero-order chi connectivity index (χ0) is 16.2. The van der Waals surface area contributed by atoms with Gasteiger partial charge in [0.15, 0.2) is 0 Å². The summed E-state index contributed by atoms with van der Waals surface area (Å²) in [5, 5.41) is -0.339. The number of carbonyl (C=O) groups excluding carboxylic acids is 1. The van der Waals surface area contributed by atoms with Crippen LogP contribution in [0.5, 0.6) is 0 Å². The number of carbonyl (C=O) groups is 1. The highest BCUT2D eigenvalue weighted by molar-refractivity contribution is 6.30. The van der Waals surface area contributed by atoms with Crippen molar-refractivity contribution >= 4 is 17.5 Å². The third kappa shape index (κ3) is 4.64. The first kappa shape index (κ1) is 17.9. The van der Waals surface area contributed by atoms with Crippen LogP contribution in [0.4, 0.5) is 8.78 Å². The Morgan fingerprint density at radius 3 is 2.48 bits per heavy atom. The molecule has 1 aromatic carbocycles. The first-order chi connectivity index (χ1) is 9.71. The third-order valence-corrected chi connectivity index (χ3v) is 3.48. The van der Waals surface area contributed by atoms with Crippen molar-refractivity contribution in [2.24, 2.45) is 11.1 Å². The van der Waals surface area contributed by atoms with Crippen molar-refractivity contribution in [2.75, 3.05) is 19.6 Å². The van der Waals surface area contributed by atoms with Gasteiger partial charge in [-0.1, -0.05) is 32.4 Å². The minimum absolute atomic E-state index is 0.299. The number of hydrogen-bond donors (Lipinski definition) is 1. The van der Waals surface area contributed by atoms with Gasteiger partial charge in [0.2, 0.25) is 0 Å². The van der Waals surface area contributed by atoms with Crippen LogP contribution in [-0.4, -0.2) is 30.4 Å². The highest BCUT2D eigenvalue weighted by Gasteiger charge is 2.26. The lowest BCUT2D eigenvalue weighted by molar-refractivity contribution is 0.0684. The fraction of sp³-hybridized carbons (Fsp3) is 0.533. The second-order valence-corrected chi connectivity index (χ2v) is 6.25. The number of amides is 1. The fourth-order valence-electron chi connectivity index (χ4n) is 1.96. The lowest BCUT2D eigenvalue weighted by Gasteiger charge is -2.32. The molecule has 3 nitrogen and oxygen atoms in total. The van der Waals surface area contributed by atoms with Crippen molar-refractivity contribution in [3.8, 4) is 0 Å². The topological polar surface area (TPSA) is 46.3 Å². The van der Waals surface area contributed by atoms with Gasteiger partial charge >= 0.3 is 0 Å². The Balaban J connectivity index is 3.09. The van der Waals surface area contributed by atoms with Crippen molar-refractivity contribution in [3.63, 3.8) is 0 Å². The molecular weight excluding hydrogens is 298 g/mol. The molecule has 0 aliphatic rings. The second kappa shape index (κ2) is 7.18. The van der Waals surface area contributed by atoms with E-state index in [1.165, 1.54) is 4.90 Å². The Hall–Kier alpha value is -1.20. The first-order valence-corrected chi connectivity index (χ1v) is 7.23. The lowest BCUT2D eigenvalue weighted by atomic mass is 9.92. The minimum Gasteiger partial charge on any atom is -0.338 e. The van der Waals surface area contributed by atoms with Crippen molar-refractivity contribution in [1.29, 1.82) is 0 Å². The maximum atomic E-state index is 13.9. The van der Waals surface area contributed by atoms with Gasteiger partial charge in [0, 0.05) is 13.1 Å². The van der Waals surface area contributed by atoms with E-state index in [9.17, 15) is 13.6 Å². The molecule has 21 heavy (non-hydrogen) atoms. The number of halogens is 3. The van der Waals surface area contributed by atoms with E-state index in [1.807, 2.05) is 20.8 Å². The van der Waals surface area contributed by atoms with E-state index >= 15 is 0 Å². The normalized spacial score (nSPS) is 11.6. The molecule has 0 atom stereocenters. The first-order valence-electron chi connectivity index (χ1n) is 6.85. The van der Waals surface area contributed by atoms with Crippen LogP contribution in [0.1, 0.15) is 37.6 Å². The predicted octanol–water partition coefficient (Wildman–Crippen LogP) is 3.46. The van der Waals surface area contributed by atoms with Gasteiger partial charge in [-0.15, -0.1) is 0 Å². The average molecular weight is 319 g/mol. The predicted molar refractivity (Wildman–Crippen MR) is 80.4 cm³/mol. The van der Waals surface area contributed by atoms with E-state index in [2.05, 4.69) is 0 Å².